The lowest BCUT2D eigenvalue weighted by atomic mass is 10.0. The Balaban J connectivity index is 1.61. The molecule has 1 aromatic carbocycles. The number of benzene rings is 1. The molecule has 0 aliphatic carbocycles. The maximum absolute atomic E-state index is 12.9. The van der Waals surface area contributed by atoms with E-state index in [1.807, 2.05) is 30.3 Å². The Morgan fingerprint density at radius 1 is 1.23 bits per heavy atom. The van der Waals surface area contributed by atoms with E-state index in [9.17, 15) is 9.59 Å². The lowest BCUT2D eigenvalue weighted by Gasteiger charge is -2.30. The minimum absolute atomic E-state index is 0.0351. The number of carbonyl (C=O) groups excluding carboxylic acids is 2. The lowest BCUT2D eigenvalue weighted by Crippen LogP contribution is -2.48. The summed E-state index contributed by atoms with van der Waals surface area (Å²) in [5.74, 6) is 0.181. The Labute approximate surface area is 176 Å². The molecule has 10 heteroatoms. The fourth-order valence-electron chi connectivity index (χ4n) is 3.44. The quantitative estimate of drug-likeness (QED) is 0.431. The molecule has 2 heterocycles. The average Bonchev–Trinajstić information content (AvgIpc) is 2.94. The molecule has 2 saturated heterocycles. The van der Waals surface area contributed by atoms with E-state index in [-0.39, 0.29) is 18.0 Å². The Hall–Kier alpha value is -3.01. The summed E-state index contributed by atoms with van der Waals surface area (Å²) in [5.41, 5.74) is 5.22. The van der Waals surface area contributed by atoms with Crippen molar-refractivity contribution in [2.24, 2.45) is 5.10 Å². The predicted molar refractivity (Wildman–Crippen MR) is 109 cm³/mol. The van der Waals surface area contributed by atoms with Crippen molar-refractivity contribution in [3.63, 3.8) is 0 Å². The van der Waals surface area contributed by atoms with Gasteiger partial charge in [0, 0.05) is 13.6 Å². The number of amides is 3. The van der Waals surface area contributed by atoms with Crippen molar-refractivity contribution in [2.45, 2.75) is 57.9 Å². The smallest absolute Gasteiger partial charge is 0.441 e. The van der Waals surface area contributed by atoms with E-state index in [0.717, 1.165) is 12.0 Å². The van der Waals surface area contributed by atoms with Gasteiger partial charge in [-0.25, -0.2) is 9.59 Å². The molecule has 2 aliphatic heterocycles. The fraction of sp³-hybridized carbons (Fsp3) is 0.550. The highest BCUT2D eigenvalue weighted by Gasteiger charge is 2.48. The van der Waals surface area contributed by atoms with Gasteiger partial charge in [0.05, 0.1) is 6.04 Å². The Bertz CT molecular complexity index is 780. The van der Waals surface area contributed by atoms with Crippen LogP contribution in [0.1, 0.15) is 39.2 Å². The molecule has 2 atom stereocenters. The summed E-state index contributed by atoms with van der Waals surface area (Å²) >= 11 is 0. The molecule has 30 heavy (non-hydrogen) atoms. The van der Waals surface area contributed by atoms with Gasteiger partial charge in [-0.1, -0.05) is 30.3 Å². The number of nitrogens with zero attached hydrogens (tertiary/aromatic N) is 3. The number of nitrogens with one attached hydrogen (secondary N) is 2. The van der Waals surface area contributed by atoms with Gasteiger partial charge in [-0.15, -0.1) is 5.10 Å². The van der Waals surface area contributed by atoms with Crippen molar-refractivity contribution < 1.29 is 24.0 Å². The van der Waals surface area contributed by atoms with Gasteiger partial charge in [-0.05, 0) is 39.2 Å². The van der Waals surface area contributed by atoms with Gasteiger partial charge >= 0.3 is 12.1 Å². The van der Waals surface area contributed by atoms with Gasteiger partial charge in [0.15, 0.2) is 0 Å². The van der Waals surface area contributed by atoms with Crippen LogP contribution in [0.15, 0.2) is 35.4 Å². The number of hydrazone groups is 1. The number of rotatable bonds is 5. The maximum Gasteiger partial charge on any atom is 0.441 e. The fourth-order valence-corrected chi connectivity index (χ4v) is 3.44. The number of urea groups is 1. The molecular formula is C20H29N5O5. The van der Waals surface area contributed by atoms with Crippen molar-refractivity contribution in [2.75, 3.05) is 13.6 Å². The van der Waals surface area contributed by atoms with E-state index in [1.54, 1.807) is 32.7 Å². The SMILES string of the molecule is CN/N=C(\ONC(=O)OC(C)(C)C)[C@@H]1CC[C@@H]2CN1C(=O)N2OCc1ccccc1. The molecule has 3 amide bonds. The minimum atomic E-state index is -0.736. The molecular weight excluding hydrogens is 390 g/mol. The van der Waals surface area contributed by atoms with Crippen LogP contribution >= 0.6 is 0 Å². The third-order valence-electron chi connectivity index (χ3n) is 4.68. The van der Waals surface area contributed by atoms with Gasteiger partial charge < -0.3 is 19.9 Å². The standard InChI is InChI=1S/C20H29N5O5/c1-20(2,3)29-18(26)23-30-17(22-21-4)16-11-10-15-12-24(16)19(27)25(15)28-13-14-8-6-5-7-9-14/h5-9,15-16,21H,10-13H2,1-4H3,(H,23,26)/b22-17-/t15-,16+/m1/s1. The Morgan fingerprint density at radius 3 is 2.63 bits per heavy atom. The van der Waals surface area contributed by atoms with Gasteiger partial charge in [0.2, 0.25) is 0 Å². The molecule has 3 rings (SSSR count). The van der Waals surface area contributed by atoms with E-state index in [1.165, 1.54) is 5.06 Å². The molecule has 0 radical (unpaired) electrons. The second kappa shape index (κ2) is 9.21. The summed E-state index contributed by atoms with van der Waals surface area (Å²) in [5, 5.41) is 5.54. The molecule has 2 N–H and O–H groups in total. The molecule has 2 aliphatic rings. The van der Waals surface area contributed by atoms with Crippen LogP contribution in [0.5, 0.6) is 0 Å². The molecule has 1 aromatic rings. The first-order valence-electron chi connectivity index (χ1n) is 9.95. The minimum Gasteiger partial charge on any atom is -0.442 e. The molecule has 0 unspecified atom stereocenters. The highest BCUT2D eigenvalue weighted by molar-refractivity contribution is 5.89. The summed E-state index contributed by atoms with van der Waals surface area (Å²) in [6.45, 7) is 6.07. The van der Waals surface area contributed by atoms with Crippen LogP contribution in [0.2, 0.25) is 0 Å². The lowest BCUT2D eigenvalue weighted by molar-refractivity contribution is -0.140. The van der Waals surface area contributed by atoms with E-state index in [2.05, 4.69) is 16.0 Å². The molecule has 2 fully saturated rings. The number of ether oxygens (including phenoxy) is 1. The zero-order chi connectivity index (χ0) is 21.7. The molecule has 0 saturated carbocycles. The highest BCUT2D eigenvalue weighted by atomic mass is 16.7. The summed E-state index contributed by atoms with van der Waals surface area (Å²) < 4.78 is 5.17. The zero-order valence-corrected chi connectivity index (χ0v) is 17.8. The van der Waals surface area contributed by atoms with Crippen LogP contribution in [-0.2, 0) is 21.0 Å². The van der Waals surface area contributed by atoms with Gasteiger partial charge in [-0.2, -0.15) is 10.5 Å². The van der Waals surface area contributed by atoms with Crippen molar-refractivity contribution in [3.8, 4) is 0 Å². The second-order valence-corrected chi connectivity index (χ2v) is 8.15. The number of hydrogen-bond acceptors (Lipinski definition) is 7. The van der Waals surface area contributed by atoms with E-state index >= 15 is 0 Å². The van der Waals surface area contributed by atoms with Crippen molar-refractivity contribution >= 4 is 18.0 Å². The zero-order valence-electron chi connectivity index (χ0n) is 17.8. The van der Waals surface area contributed by atoms with E-state index < -0.39 is 17.7 Å². The van der Waals surface area contributed by atoms with Crippen LogP contribution in [0.3, 0.4) is 0 Å². The number of carbonyl (C=O) groups is 2. The molecule has 0 aromatic heterocycles. The summed E-state index contributed by atoms with van der Waals surface area (Å²) in [7, 11) is 1.61. The largest absolute Gasteiger partial charge is 0.442 e. The predicted octanol–water partition coefficient (Wildman–Crippen LogP) is 2.38. The van der Waals surface area contributed by atoms with Crippen LogP contribution < -0.4 is 10.9 Å². The summed E-state index contributed by atoms with van der Waals surface area (Å²) in [4.78, 5) is 37.7. The first-order chi connectivity index (χ1) is 14.3. The third-order valence-corrected chi connectivity index (χ3v) is 4.68. The van der Waals surface area contributed by atoms with Crippen LogP contribution in [0, 0.1) is 0 Å². The van der Waals surface area contributed by atoms with Gasteiger partial charge in [0.25, 0.3) is 5.90 Å². The molecule has 10 nitrogen and oxygen atoms in total. The van der Waals surface area contributed by atoms with Crippen molar-refractivity contribution in [1.29, 1.82) is 0 Å². The van der Waals surface area contributed by atoms with Crippen LogP contribution in [0.4, 0.5) is 9.59 Å². The monoisotopic (exact) mass is 419 g/mol. The van der Waals surface area contributed by atoms with Crippen molar-refractivity contribution in [1.82, 2.24) is 20.9 Å². The summed E-state index contributed by atoms with van der Waals surface area (Å²) in [6.07, 6.45) is 0.610. The van der Waals surface area contributed by atoms with E-state index in [4.69, 9.17) is 14.4 Å². The first kappa shape index (κ1) is 21.7. The van der Waals surface area contributed by atoms with Gasteiger partial charge in [0.1, 0.15) is 18.2 Å². The highest BCUT2D eigenvalue weighted by Crippen LogP contribution is 2.31. The summed E-state index contributed by atoms with van der Waals surface area (Å²) in [6, 6.07) is 8.97. The van der Waals surface area contributed by atoms with Gasteiger partial charge in [-0.3, -0.25) is 4.84 Å². The third kappa shape index (κ3) is 5.32. The van der Waals surface area contributed by atoms with E-state index in [0.29, 0.717) is 19.6 Å². The number of hydroxylamine groups is 3. The number of fused-ring (bicyclic) bond motifs is 2. The normalized spacial score (nSPS) is 21.5. The van der Waals surface area contributed by atoms with Crippen LogP contribution in [0.25, 0.3) is 0 Å². The van der Waals surface area contributed by atoms with Crippen molar-refractivity contribution in [3.05, 3.63) is 35.9 Å². The molecule has 164 valence electrons. The average molecular weight is 419 g/mol. The number of piperidine rings is 1. The Morgan fingerprint density at radius 2 is 1.97 bits per heavy atom. The second-order valence-electron chi connectivity index (χ2n) is 8.15. The molecule has 2 bridgehead atoms. The van der Waals surface area contributed by atoms with Crippen LogP contribution in [-0.4, -0.2) is 59.3 Å². The molecule has 0 spiro atoms. The topological polar surface area (TPSA) is 105 Å². The Kier molecular flexibility index (Phi) is 6.66. The first-order valence-corrected chi connectivity index (χ1v) is 9.95. The maximum atomic E-state index is 12.9. The number of hydrogen-bond donors (Lipinski definition) is 2.